The van der Waals surface area contributed by atoms with Crippen LogP contribution in [0.1, 0.15) is 26.7 Å². The van der Waals surface area contributed by atoms with Crippen LogP contribution in [-0.2, 0) is 14.8 Å². The quantitative estimate of drug-likeness (QED) is 0.706. The molecular formula is C12H25N3O3S. The SMILES string of the molecule is CC(C)(CNCC1CCCN(S(C)(=O)=O)C1)C(N)=O. The second-order valence-electron chi connectivity index (χ2n) is 6.01. The van der Waals surface area contributed by atoms with Crippen molar-refractivity contribution >= 4 is 15.9 Å². The maximum atomic E-state index is 11.5. The van der Waals surface area contributed by atoms with Crippen molar-refractivity contribution in [3.05, 3.63) is 0 Å². The van der Waals surface area contributed by atoms with Gasteiger partial charge in [0.2, 0.25) is 15.9 Å². The fraction of sp³-hybridized carbons (Fsp3) is 0.917. The average Bonchev–Trinajstić information content (AvgIpc) is 2.28. The molecule has 0 spiro atoms. The lowest BCUT2D eigenvalue weighted by Gasteiger charge is -2.31. The number of carbonyl (C=O) groups is 1. The second-order valence-corrected chi connectivity index (χ2v) is 7.99. The summed E-state index contributed by atoms with van der Waals surface area (Å²) in [5.74, 6) is -0.0337. The molecule has 6 nitrogen and oxygen atoms in total. The van der Waals surface area contributed by atoms with Crippen LogP contribution >= 0.6 is 0 Å². The van der Waals surface area contributed by atoms with E-state index in [1.807, 2.05) is 0 Å². The number of nitrogens with one attached hydrogen (secondary N) is 1. The molecule has 1 atom stereocenters. The van der Waals surface area contributed by atoms with Crippen molar-refractivity contribution in [2.24, 2.45) is 17.1 Å². The van der Waals surface area contributed by atoms with Crippen molar-refractivity contribution in [1.29, 1.82) is 0 Å². The van der Waals surface area contributed by atoms with Crippen molar-refractivity contribution in [2.45, 2.75) is 26.7 Å². The molecule has 0 aromatic rings. The summed E-state index contributed by atoms with van der Waals surface area (Å²) in [5.41, 5.74) is 4.72. The van der Waals surface area contributed by atoms with E-state index in [0.717, 1.165) is 12.8 Å². The molecule has 19 heavy (non-hydrogen) atoms. The number of nitrogens with two attached hydrogens (primary N) is 1. The topological polar surface area (TPSA) is 92.5 Å². The normalized spacial score (nSPS) is 22.4. The highest BCUT2D eigenvalue weighted by atomic mass is 32.2. The first kappa shape index (κ1) is 16.4. The van der Waals surface area contributed by atoms with Crippen LogP contribution in [0.25, 0.3) is 0 Å². The van der Waals surface area contributed by atoms with Gasteiger partial charge in [0.15, 0.2) is 0 Å². The molecule has 0 aromatic heterocycles. The van der Waals surface area contributed by atoms with Gasteiger partial charge in [0.05, 0.1) is 11.7 Å². The van der Waals surface area contributed by atoms with Crippen LogP contribution in [0, 0.1) is 11.3 Å². The highest BCUT2D eigenvalue weighted by Crippen LogP contribution is 2.18. The van der Waals surface area contributed by atoms with Crippen LogP contribution in [0.15, 0.2) is 0 Å². The molecule has 1 aliphatic rings. The van der Waals surface area contributed by atoms with Crippen molar-refractivity contribution < 1.29 is 13.2 Å². The molecule has 1 heterocycles. The van der Waals surface area contributed by atoms with Gasteiger partial charge in [-0.25, -0.2) is 12.7 Å². The van der Waals surface area contributed by atoms with Crippen LogP contribution in [-0.4, -0.2) is 51.1 Å². The van der Waals surface area contributed by atoms with Crippen LogP contribution in [0.4, 0.5) is 0 Å². The molecule has 0 aliphatic carbocycles. The first-order valence-electron chi connectivity index (χ1n) is 6.58. The maximum Gasteiger partial charge on any atom is 0.224 e. The number of amides is 1. The van der Waals surface area contributed by atoms with Crippen molar-refractivity contribution in [2.75, 3.05) is 32.4 Å². The van der Waals surface area contributed by atoms with Gasteiger partial charge in [-0.3, -0.25) is 4.79 Å². The summed E-state index contributed by atoms with van der Waals surface area (Å²) < 4.78 is 24.5. The third-order valence-electron chi connectivity index (χ3n) is 3.62. The van der Waals surface area contributed by atoms with Crippen LogP contribution in [0.3, 0.4) is 0 Å². The Morgan fingerprint density at radius 3 is 2.63 bits per heavy atom. The zero-order valence-electron chi connectivity index (χ0n) is 12.0. The summed E-state index contributed by atoms with van der Waals surface area (Å²) in [5, 5.41) is 3.23. The van der Waals surface area contributed by atoms with Crippen LogP contribution < -0.4 is 11.1 Å². The molecule has 1 saturated heterocycles. The molecule has 1 fully saturated rings. The molecule has 1 aliphatic heterocycles. The standard InChI is InChI=1S/C12H25N3O3S/c1-12(2,11(13)16)9-14-7-10-5-4-6-15(8-10)19(3,17)18/h10,14H,4-9H2,1-3H3,(H2,13,16). The zero-order chi connectivity index (χ0) is 14.7. The molecule has 1 rings (SSSR count). The minimum absolute atomic E-state index is 0.298. The number of carbonyl (C=O) groups excluding carboxylic acids is 1. The predicted molar refractivity (Wildman–Crippen MR) is 75.0 cm³/mol. The number of piperidine rings is 1. The largest absolute Gasteiger partial charge is 0.369 e. The summed E-state index contributed by atoms with van der Waals surface area (Å²) in [4.78, 5) is 11.2. The Labute approximate surface area is 115 Å². The first-order valence-corrected chi connectivity index (χ1v) is 8.43. The van der Waals surface area contributed by atoms with E-state index >= 15 is 0 Å². The molecule has 3 N–H and O–H groups in total. The lowest BCUT2D eigenvalue weighted by atomic mass is 9.92. The summed E-state index contributed by atoms with van der Waals surface area (Å²) in [6, 6.07) is 0. The number of hydrogen-bond acceptors (Lipinski definition) is 4. The second kappa shape index (κ2) is 6.19. The summed E-state index contributed by atoms with van der Waals surface area (Å²) in [6.07, 6.45) is 3.15. The van der Waals surface area contributed by atoms with Crippen LogP contribution in [0.5, 0.6) is 0 Å². The number of hydrogen-bond donors (Lipinski definition) is 2. The smallest absolute Gasteiger partial charge is 0.224 e. The summed E-state index contributed by atoms with van der Waals surface area (Å²) >= 11 is 0. The molecule has 0 aromatic carbocycles. The monoisotopic (exact) mass is 291 g/mol. The van der Waals surface area contributed by atoms with E-state index in [-0.39, 0.29) is 5.91 Å². The van der Waals surface area contributed by atoms with Gasteiger partial charge in [-0.1, -0.05) is 0 Å². The molecular weight excluding hydrogens is 266 g/mol. The predicted octanol–water partition coefficient (Wildman–Crippen LogP) is -0.241. The third-order valence-corrected chi connectivity index (χ3v) is 4.89. The Kier molecular flexibility index (Phi) is 5.34. The van der Waals surface area contributed by atoms with E-state index in [1.54, 1.807) is 13.8 Å². The molecule has 0 saturated carbocycles. The van der Waals surface area contributed by atoms with Gasteiger partial charge in [0.1, 0.15) is 0 Å². The minimum atomic E-state index is -3.09. The van der Waals surface area contributed by atoms with Crippen LogP contribution in [0.2, 0.25) is 0 Å². The Bertz CT molecular complexity index is 420. The Balaban J connectivity index is 2.40. The summed E-state index contributed by atoms with van der Waals surface area (Å²) in [6.45, 7) is 5.99. The van der Waals surface area contributed by atoms with Gasteiger partial charge < -0.3 is 11.1 Å². The van der Waals surface area contributed by atoms with Gasteiger partial charge in [0.25, 0.3) is 0 Å². The molecule has 0 radical (unpaired) electrons. The molecule has 1 amide bonds. The zero-order valence-corrected chi connectivity index (χ0v) is 12.8. The maximum absolute atomic E-state index is 11.5. The Morgan fingerprint density at radius 2 is 2.11 bits per heavy atom. The Hall–Kier alpha value is -0.660. The fourth-order valence-electron chi connectivity index (χ4n) is 2.17. The Morgan fingerprint density at radius 1 is 1.47 bits per heavy atom. The van der Waals surface area contributed by atoms with Crippen molar-refractivity contribution in [3.63, 3.8) is 0 Å². The van der Waals surface area contributed by atoms with E-state index in [2.05, 4.69) is 5.32 Å². The molecule has 1 unspecified atom stereocenters. The number of nitrogens with zero attached hydrogens (tertiary/aromatic N) is 1. The van der Waals surface area contributed by atoms with Gasteiger partial charge in [-0.2, -0.15) is 0 Å². The van der Waals surface area contributed by atoms with E-state index in [0.29, 0.717) is 32.1 Å². The van der Waals surface area contributed by atoms with E-state index in [9.17, 15) is 13.2 Å². The summed E-state index contributed by atoms with van der Waals surface area (Å²) in [7, 11) is -3.09. The highest BCUT2D eigenvalue weighted by molar-refractivity contribution is 7.88. The first-order chi connectivity index (χ1) is 8.63. The minimum Gasteiger partial charge on any atom is -0.369 e. The third kappa shape index (κ3) is 5.08. The lowest BCUT2D eigenvalue weighted by molar-refractivity contribution is -0.125. The number of primary amides is 1. The van der Waals surface area contributed by atoms with E-state index < -0.39 is 15.4 Å². The number of rotatable bonds is 6. The van der Waals surface area contributed by atoms with Gasteiger partial charge in [-0.15, -0.1) is 0 Å². The van der Waals surface area contributed by atoms with Gasteiger partial charge in [-0.05, 0) is 39.2 Å². The number of sulfonamides is 1. The molecule has 7 heteroatoms. The van der Waals surface area contributed by atoms with Crippen molar-refractivity contribution in [3.8, 4) is 0 Å². The van der Waals surface area contributed by atoms with Crippen molar-refractivity contribution in [1.82, 2.24) is 9.62 Å². The van der Waals surface area contributed by atoms with E-state index in [1.165, 1.54) is 10.6 Å². The molecule has 0 bridgehead atoms. The average molecular weight is 291 g/mol. The van der Waals surface area contributed by atoms with E-state index in [4.69, 9.17) is 5.73 Å². The fourth-order valence-corrected chi connectivity index (χ4v) is 3.11. The van der Waals surface area contributed by atoms with Gasteiger partial charge in [0, 0.05) is 19.6 Å². The van der Waals surface area contributed by atoms with Gasteiger partial charge >= 0.3 is 0 Å². The lowest BCUT2D eigenvalue weighted by Crippen LogP contribution is -2.45. The molecule has 112 valence electrons. The highest BCUT2D eigenvalue weighted by Gasteiger charge is 2.27.